The summed E-state index contributed by atoms with van der Waals surface area (Å²) in [5.41, 5.74) is 1.90. The van der Waals surface area contributed by atoms with Crippen molar-refractivity contribution in [2.24, 2.45) is 0 Å². The van der Waals surface area contributed by atoms with Crippen LogP contribution in [0.3, 0.4) is 0 Å². The van der Waals surface area contributed by atoms with Gasteiger partial charge >= 0.3 is 5.97 Å². The fourth-order valence-corrected chi connectivity index (χ4v) is 1.80. The zero-order valence-corrected chi connectivity index (χ0v) is 11.0. The molecule has 5 nitrogen and oxygen atoms in total. The number of benzene rings is 1. The summed E-state index contributed by atoms with van der Waals surface area (Å²) < 4.78 is 5.64. The molecule has 1 aromatic heterocycles. The number of rotatable bonds is 3. The zero-order chi connectivity index (χ0) is 14.7. The van der Waals surface area contributed by atoms with E-state index >= 15 is 0 Å². The van der Waals surface area contributed by atoms with Gasteiger partial charge < -0.3 is 9.84 Å². The summed E-state index contributed by atoms with van der Waals surface area (Å²) in [4.78, 5) is 15.0. The highest BCUT2D eigenvalue weighted by molar-refractivity contribution is 5.87. The van der Waals surface area contributed by atoms with Gasteiger partial charge in [0.05, 0.1) is 11.3 Å². The van der Waals surface area contributed by atoms with Gasteiger partial charge in [0.1, 0.15) is 23.1 Å². The topological polar surface area (TPSA) is 83.2 Å². The number of carbonyl (C=O) groups is 1. The molecular weight excluding hydrogens is 256 g/mol. The molecule has 2 aromatic rings. The second-order valence-electron chi connectivity index (χ2n) is 4.27. The Bertz CT molecular complexity index is 700. The fourth-order valence-electron chi connectivity index (χ4n) is 1.80. The maximum absolute atomic E-state index is 10.8. The van der Waals surface area contributed by atoms with Crippen LogP contribution >= 0.6 is 0 Å². The van der Waals surface area contributed by atoms with Gasteiger partial charge in [-0.25, -0.2) is 4.79 Å². The highest BCUT2D eigenvalue weighted by atomic mass is 16.5. The van der Waals surface area contributed by atoms with Crippen molar-refractivity contribution < 1.29 is 14.6 Å². The molecule has 0 bridgehead atoms. The number of hydrogen-bond acceptors (Lipinski definition) is 4. The Hall–Kier alpha value is -2.87. The lowest BCUT2D eigenvalue weighted by Crippen LogP contribution is -1.98. The van der Waals surface area contributed by atoms with E-state index in [0.29, 0.717) is 22.8 Å². The quantitative estimate of drug-likeness (QED) is 0.924. The van der Waals surface area contributed by atoms with Gasteiger partial charge in [0.25, 0.3) is 0 Å². The first-order valence-corrected chi connectivity index (χ1v) is 5.91. The minimum Gasteiger partial charge on any atom is -0.478 e. The van der Waals surface area contributed by atoms with Crippen molar-refractivity contribution in [3.8, 4) is 17.6 Å². The number of nitrogens with zero attached hydrogens (tertiary/aromatic N) is 2. The molecule has 1 aromatic carbocycles. The Morgan fingerprint density at radius 1 is 1.30 bits per heavy atom. The third-order valence-electron chi connectivity index (χ3n) is 2.73. The van der Waals surface area contributed by atoms with Gasteiger partial charge in [-0.3, -0.25) is 4.98 Å². The number of hydrogen-bond donors (Lipinski definition) is 1. The summed E-state index contributed by atoms with van der Waals surface area (Å²) in [5.74, 6) is -0.109. The second-order valence-corrected chi connectivity index (χ2v) is 4.27. The van der Waals surface area contributed by atoms with Crippen LogP contribution in [0, 0.1) is 25.2 Å². The molecule has 20 heavy (non-hydrogen) atoms. The number of aryl methyl sites for hydroxylation is 2. The van der Waals surface area contributed by atoms with E-state index in [1.807, 2.05) is 6.92 Å². The molecule has 0 unspecified atom stereocenters. The standard InChI is InChI=1S/C15H12N2O3/c1-9-7-14(13(8-16)10(2)17-9)20-12-5-3-11(4-6-12)15(18)19/h3-7H,1-2H3,(H,18,19). The molecule has 0 spiro atoms. The number of aromatic nitrogens is 1. The Balaban J connectivity index is 2.35. The fraction of sp³-hybridized carbons (Fsp3) is 0.133. The molecule has 2 rings (SSSR count). The first kappa shape index (κ1) is 13.6. The largest absolute Gasteiger partial charge is 0.478 e. The predicted octanol–water partition coefficient (Wildman–Crippen LogP) is 3.06. The highest BCUT2D eigenvalue weighted by Crippen LogP contribution is 2.27. The van der Waals surface area contributed by atoms with Gasteiger partial charge in [-0.15, -0.1) is 0 Å². The molecule has 1 heterocycles. The minimum absolute atomic E-state index is 0.181. The maximum Gasteiger partial charge on any atom is 0.335 e. The van der Waals surface area contributed by atoms with Gasteiger partial charge in [0.15, 0.2) is 0 Å². The third kappa shape index (κ3) is 2.75. The number of carboxylic acid groups (broad SMARTS) is 1. The van der Waals surface area contributed by atoms with Crippen LogP contribution in [-0.2, 0) is 0 Å². The monoisotopic (exact) mass is 268 g/mol. The average Bonchev–Trinajstić information content (AvgIpc) is 2.39. The summed E-state index contributed by atoms with van der Waals surface area (Å²) in [6, 6.07) is 9.74. The molecule has 0 atom stereocenters. The molecule has 0 saturated carbocycles. The molecule has 0 saturated heterocycles. The normalized spacial score (nSPS) is 9.85. The summed E-state index contributed by atoms with van der Waals surface area (Å²) in [6.45, 7) is 3.56. The molecule has 5 heteroatoms. The molecule has 0 radical (unpaired) electrons. The molecule has 0 amide bonds. The lowest BCUT2D eigenvalue weighted by Gasteiger charge is -2.10. The number of pyridine rings is 1. The average molecular weight is 268 g/mol. The number of nitriles is 1. The molecule has 0 aliphatic heterocycles. The Morgan fingerprint density at radius 2 is 1.95 bits per heavy atom. The van der Waals surface area contributed by atoms with E-state index in [1.54, 1.807) is 25.1 Å². The van der Waals surface area contributed by atoms with Crippen molar-refractivity contribution >= 4 is 5.97 Å². The lowest BCUT2D eigenvalue weighted by atomic mass is 10.2. The van der Waals surface area contributed by atoms with Gasteiger partial charge in [-0.2, -0.15) is 5.26 Å². The van der Waals surface area contributed by atoms with Crippen LogP contribution in [-0.4, -0.2) is 16.1 Å². The molecule has 1 N–H and O–H groups in total. The molecule has 0 aliphatic carbocycles. The lowest BCUT2D eigenvalue weighted by molar-refractivity contribution is 0.0697. The smallest absolute Gasteiger partial charge is 0.335 e. The van der Waals surface area contributed by atoms with Crippen molar-refractivity contribution in [2.75, 3.05) is 0 Å². The molecule has 0 aliphatic rings. The maximum atomic E-state index is 10.8. The van der Waals surface area contributed by atoms with Crippen LogP contribution in [0.15, 0.2) is 30.3 Å². The molecular formula is C15H12N2O3. The van der Waals surface area contributed by atoms with Gasteiger partial charge in [-0.05, 0) is 38.1 Å². The van der Waals surface area contributed by atoms with E-state index in [4.69, 9.17) is 15.1 Å². The molecule has 0 fully saturated rings. The van der Waals surface area contributed by atoms with Crippen molar-refractivity contribution in [1.82, 2.24) is 4.98 Å². The number of aromatic carboxylic acids is 1. The van der Waals surface area contributed by atoms with Crippen LogP contribution in [0.25, 0.3) is 0 Å². The number of carboxylic acids is 1. The summed E-state index contributed by atoms with van der Waals surface area (Å²) in [7, 11) is 0. The van der Waals surface area contributed by atoms with Crippen molar-refractivity contribution in [2.45, 2.75) is 13.8 Å². The van der Waals surface area contributed by atoms with E-state index in [2.05, 4.69) is 11.1 Å². The van der Waals surface area contributed by atoms with E-state index in [0.717, 1.165) is 5.69 Å². The number of ether oxygens (including phenoxy) is 1. The van der Waals surface area contributed by atoms with Crippen molar-refractivity contribution in [3.05, 3.63) is 52.8 Å². The van der Waals surface area contributed by atoms with Crippen molar-refractivity contribution in [1.29, 1.82) is 5.26 Å². The van der Waals surface area contributed by atoms with Gasteiger partial charge in [0.2, 0.25) is 0 Å². The van der Waals surface area contributed by atoms with Gasteiger partial charge in [-0.1, -0.05) is 0 Å². The Morgan fingerprint density at radius 3 is 2.50 bits per heavy atom. The summed E-state index contributed by atoms with van der Waals surface area (Å²) >= 11 is 0. The van der Waals surface area contributed by atoms with Crippen LogP contribution in [0.1, 0.15) is 27.3 Å². The van der Waals surface area contributed by atoms with Crippen LogP contribution < -0.4 is 4.74 Å². The minimum atomic E-state index is -0.995. The Kier molecular flexibility index (Phi) is 3.67. The first-order valence-electron chi connectivity index (χ1n) is 5.91. The predicted molar refractivity (Wildman–Crippen MR) is 71.9 cm³/mol. The van der Waals surface area contributed by atoms with E-state index in [1.165, 1.54) is 12.1 Å². The Labute approximate surface area is 116 Å². The van der Waals surface area contributed by atoms with Crippen LogP contribution in [0.4, 0.5) is 0 Å². The van der Waals surface area contributed by atoms with E-state index < -0.39 is 5.97 Å². The highest BCUT2D eigenvalue weighted by Gasteiger charge is 2.11. The van der Waals surface area contributed by atoms with E-state index in [9.17, 15) is 4.79 Å². The molecule has 100 valence electrons. The van der Waals surface area contributed by atoms with E-state index in [-0.39, 0.29) is 5.56 Å². The van der Waals surface area contributed by atoms with Crippen LogP contribution in [0.2, 0.25) is 0 Å². The summed E-state index contributed by atoms with van der Waals surface area (Å²) in [6.07, 6.45) is 0. The van der Waals surface area contributed by atoms with Crippen LogP contribution in [0.5, 0.6) is 11.5 Å². The summed E-state index contributed by atoms with van der Waals surface area (Å²) in [5, 5.41) is 18.0. The SMILES string of the molecule is Cc1cc(Oc2ccc(C(=O)O)cc2)c(C#N)c(C)n1. The van der Waals surface area contributed by atoms with Gasteiger partial charge in [0, 0.05) is 11.8 Å². The zero-order valence-electron chi connectivity index (χ0n) is 11.0. The van der Waals surface area contributed by atoms with Crippen molar-refractivity contribution in [3.63, 3.8) is 0 Å². The third-order valence-corrected chi connectivity index (χ3v) is 2.73. The first-order chi connectivity index (χ1) is 9.51. The second kappa shape index (κ2) is 5.41.